The average molecular weight is 261 g/mol. The van der Waals surface area contributed by atoms with Gasteiger partial charge >= 0.3 is 0 Å². The standard InChI is InChI=1S/C15H23N3O/c1-18(2)11-6-8-12(9-7-11)19-15-13-4-3-5-14(13)16-10-17-15/h10-12H,3-9H2,1-2H3. The van der Waals surface area contributed by atoms with Gasteiger partial charge in [-0.15, -0.1) is 0 Å². The summed E-state index contributed by atoms with van der Waals surface area (Å²) in [5.41, 5.74) is 2.46. The van der Waals surface area contributed by atoms with Crippen LogP contribution in [-0.4, -0.2) is 41.1 Å². The molecule has 1 saturated carbocycles. The number of fused-ring (bicyclic) bond motifs is 1. The van der Waals surface area contributed by atoms with E-state index >= 15 is 0 Å². The van der Waals surface area contributed by atoms with Crippen molar-refractivity contribution in [2.24, 2.45) is 0 Å². The topological polar surface area (TPSA) is 38.2 Å². The van der Waals surface area contributed by atoms with E-state index in [4.69, 9.17) is 4.74 Å². The van der Waals surface area contributed by atoms with Crippen LogP contribution >= 0.6 is 0 Å². The lowest BCUT2D eigenvalue weighted by Gasteiger charge is -2.32. The highest BCUT2D eigenvalue weighted by molar-refractivity contribution is 5.33. The van der Waals surface area contributed by atoms with Gasteiger partial charge in [0.25, 0.3) is 0 Å². The molecule has 0 aromatic carbocycles. The Bertz CT molecular complexity index is 439. The summed E-state index contributed by atoms with van der Waals surface area (Å²) in [4.78, 5) is 11.0. The summed E-state index contributed by atoms with van der Waals surface area (Å²) in [6.45, 7) is 0. The Kier molecular flexibility index (Phi) is 3.69. The number of hydrogen-bond donors (Lipinski definition) is 0. The van der Waals surface area contributed by atoms with Crippen molar-refractivity contribution in [3.8, 4) is 5.88 Å². The largest absolute Gasteiger partial charge is 0.474 e. The minimum Gasteiger partial charge on any atom is -0.474 e. The molecule has 3 rings (SSSR count). The van der Waals surface area contributed by atoms with Crippen LogP contribution in [0.25, 0.3) is 0 Å². The summed E-state index contributed by atoms with van der Waals surface area (Å²) in [6, 6.07) is 0.718. The van der Waals surface area contributed by atoms with Gasteiger partial charge in [0.1, 0.15) is 12.4 Å². The predicted molar refractivity (Wildman–Crippen MR) is 74.4 cm³/mol. The summed E-state index contributed by atoms with van der Waals surface area (Å²) in [5.74, 6) is 0.857. The van der Waals surface area contributed by atoms with Gasteiger partial charge in [-0.05, 0) is 59.0 Å². The van der Waals surface area contributed by atoms with Gasteiger partial charge < -0.3 is 9.64 Å². The Balaban J connectivity index is 1.63. The molecule has 1 aromatic heterocycles. The van der Waals surface area contributed by atoms with Gasteiger partial charge in [0.2, 0.25) is 5.88 Å². The Morgan fingerprint density at radius 1 is 1.11 bits per heavy atom. The van der Waals surface area contributed by atoms with Crippen molar-refractivity contribution in [1.29, 1.82) is 0 Å². The Morgan fingerprint density at radius 3 is 2.63 bits per heavy atom. The van der Waals surface area contributed by atoms with Gasteiger partial charge in [-0.3, -0.25) is 0 Å². The average Bonchev–Trinajstić information content (AvgIpc) is 2.89. The van der Waals surface area contributed by atoms with E-state index in [0.717, 1.165) is 37.6 Å². The van der Waals surface area contributed by atoms with E-state index in [1.54, 1.807) is 6.33 Å². The van der Waals surface area contributed by atoms with Crippen LogP contribution < -0.4 is 4.74 Å². The monoisotopic (exact) mass is 261 g/mol. The lowest BCUT2D eigenvalue weighted by atomic mass is 9.92. The molecule has 0 N–H and O–H groups in total. The van der Waals surface area contributed by atoms with E-state index in [2.05, 4.69) is 29.0 Å². The third kappa shape index (κ3) is 2.73. The molecule has 0 saturated heterocycles. The van der Waals surface area contributed by atoms with E-state index in [-0.39, 0.29) is 0 Å². The molecule has 4 heteroatoms. The quantitative estimate of drug-likeness (QED) is 0.836. The molecule has 1 fully saturated rings. The van der Waals surface area contributed by atoms with Crippen molar-refractivity contribution in [2.45, 2.75) is 57.1 Å². The zero-order valence-corrected chi connectivity index (χ0v) is 11.9. The van der Waals surface area contributed by atoms with Crippen LogP contribution in [0.2, 0.25) is 0 Å². The molecule has 19 heavy (non-hydrogen) atoms. The first kappa shape index (κ1) is 12.9. The molecule has 0 bridgehead atoms. The molecular weight excluding hydrogens is 238 g/mol. The van der Waals surface area contributed by atoms with Crippen molar-refractivity contribution in [3.63, 3.8) is 0 Å². The minimum absolute atomic E-state index is 0.343. The van der Waals surface area contributed by atoms with Gasteiger partial charge in [-0.2, -0.15) is 0 Å². The third-order valence-electron chi connectivity index (χ3n) is 4.49. The Labute approximate surface area is 115 Å². The molecule has 1 heterocycles. The van der Waals surface area contributed by atoms with Gasteiger partial charge in [0.15, 0.2) is 0 Å². The number of aryl methyl sites for hydroxylation is 1. The molecule has 0 amide bonds. The molecule has 0 unspecified atom stereocenters. The molecule has 2 aliphatic carbocycles. The highest BCUT2D eigenvalue weighted by atomic mass is 16.5. The summed E-state index contributed by atoms with van der Waals surface area (Å²) >= 11 is 0. The van der Waals surface area contributed by atoms with E-state index in [9.17, 15) is 0 Å². The molecule has 0 spiro atoms. The highest BCUT2D eigenvalue weighted by Gasteiger charge is 2.26. The molecule has 0 radical (unpaired) electrons. The number of ether oxygens (including phenoxy) is 1. The van der Waals surface area contributed by atoms with E-state index < -0.39 is 0 Å². The minimum atomic E-state index is 0.343. The van der Waals surface area contributed by atoms with Crippen molar-refractivity contribution >= 4 is 0 Å². The number of rotatable bonds is 3. The van der Waals surface area contributed by atoms with Crippen LogP contribution in [-0.2, 0) is 12.8 Å². The molecule has 4 nitrogen and oxygen atoms in total. The summed E-state index contributed by atoms with van der Waals surface area (Å²) in [6.07, 6.45) is 10.1. The maximum atomic E-state index is 6.16. The molecule has 1 aromatic rings. The fourth-order valence-electron chi connectivity index (χ4n) is 3.27. The first-order valence-corrected chi connectivity index (χ1v) is 7.40. The molecule has 104 valence electrons. The first-order valence-electron chi connectivity index (χ1n) is 7.40. The molecule has 0 aliphatic heterocycles. The van der Waals surface area contributed by atoms with Crippen LogP contribution in [0.1, 0.15) is 43.4 Å². The normalized spacial score (nSPS) is 26.5. The summed E-state index contributed by atoms with van der Waals surface area (Å²) in [7, 11) is 4.34. The van der Waals surface area contributed by atoms with Gasteiger partial charge in [-0.25, -0.2) is 9.97 Å². The van der Waals surface area contributed by atoms with Crippen LogP contribution in [0, 0.1) is 0 Å². The van der Waals surface area contributed by atoms with Crippen molar-refractivity contribution in [1.82, 2.24) is 14.9 Å². The zero-order valence-electron chi connectivity index (χ0n) is 11.9. The summed E-state index contributed by atoms with van der Waals surface area (Å²) < 4.78 is 6.16. The van der Waals surface area contributed by atoms with E-state index in [1.165, 1.54) is 30.5 Å². The fraction of sp³-hybridized carbons (Fsp3) is 0.733. The van der Waals surface area contributed by atoms with Crippen molar-refractivity contribution < 1.29 is 4.74 Å². The zero-order chi connectivity index (χ0) is 13.2. The molecular formula is C15H23N3O. The van der Waals surface area contributed by atoms with Crippen LogP contribution in [0.5, 0.6) is 5.88 Å². The second kappa shape index (κ2) is 5.45. The van der Waals surface area contributed by atoms with Crippen molar-refractivity contribution in [2.75, 3.05) is 14.1 Å². The number of hydrogen-bond acceptors (Lipinski definition) is 4. The summed E-state index contributed by atoms with van der Waals surface area (Å²) in [5, 5.41) is 0. The molecule has 0 atom stereocenters. The third-order valence-corrected chi connectivity index (χ3v) is 4.49. The van der Waals surface area contributed by atoms with Gasteiger partial charge in [0.05, 0.1) is 5.69 Å². The number of nitrogens with zero attached hydrogens (tertiary/aromatic N) is 3. The fourth-order valence-corrected chi connectivity index (χ4v) is 3.27. The van der Waals surface area contributed by atoms with Gasteiger partial charge in [-0.1, -0.05) is 0 Å². The highest BCUT2D eigenvalue weighted by Crippen LogP contribution is 2.30. The second-order valence-electron chi connectivity index (χ2n) is 5.97. The molecule has 2 aliphatic rings. The van der Waals surface area contributed by atoms with Gasteiger partial charge in [0, 0.05) is 11.6 Å². The van der Waals surface area contributed by atoms with Crippen LogP contribution in [0.4, 0.5) is 0 Å². The van der Waals surface area contributed by atoms with E-state index in [1.807, 2.05) is 0 Å². The second-order valence-corrected chi connectivity index (χ2v) is 5.97. The maximum Gasteiger partial charge on any atom is 0.220 e. The van der Waals surface area contributed by atoms with E-state index in [0.29, 0.717) is 6.10 Å². The lowest BCUT2D eigenvalue weighted by Crippen LogP contribution is -2.35. The Morgan fingerprint density at radius 2 is 1.89 bits per heavy atom. The van der Waals surface area contributed by atoms with Crippen LogP contribution in [0.3, 0.4) is 0 Å². The predicted octanol–water partition coefficient (Wildman–Crippen LogP) is 2.22. The van der Waals surface area contributed by atoms with Crippen LogP contribution in [0.15, 0.2) is 6.33 Å². The SMILES string of the molecule is CN(C)C1CCC(Oc2ncnc3c2CCC3)CC1. The smallest absolute Gasteiger partial charge is 0.220 e. The van der Waals surface area contributed by atoms with Crippen molar-refractivity contribution in [3.05, 3.63) is 17.6 Å². The maximum absolute atomic E-state index is 6.16. The number of aromatic nitrogens is 2. The first-order chi connectivity index (χ1) is 9.24. The Hall–Kier alpha value is -1.16. The lowest BCUT2D eigenvalue weighted by molar-refractivity contribution is 0.106.